The first kappa shape index (κ1) is 14.7. The van der Waals surface area contributed by atoms with Crippen molar-refractivity contribution in [3.8, 4) is 0 Å². The van der Waals surface area contributed by atoms with Gasteiger partial charge in [-0.25, -0.2) is 0 Å². The van der Waals surface area contributed by atoms with Gasteiger partial charge in [-0.2, -0.15) is 0 Å². The molecule has 2 aliphatic rings. The summed E-state index contributed by atoms with van der Waals surface area (Å²) >= 11 is 0. The molecule has 0 saturated heterocycles. The van der Waals surface area contributed by atoms with E-state index >= 15 is 0 Å². The number of fused-ring (bicyclic) bond motifs is 1. The van der Waals surface area contributed by atoms with E-state index in [4.69, 9.17) is 4.42 Å². The molecular formula is C20H28O. The van der Waals surface area contributed by atoms with Crippen LogP contribution in [0, 0.1) is 5.92 Å². The van der Waals surface area contributed by atoms with E-state index < -0.39 is 0 Å². The molecule has 1 unspecified atom stereocenters. The predicted octanol–water partition coefficient (Wildman–Crippen LogP) is 5.74. The minimum Gasteiger partial charge on any atom is -0.468 e. The molecule has 1 heterocycles. The monoisotopic (exact) mass is 284 g/mol. The summed E-state index contributed by atoms with van der Waals surface area (Å²) in [4.78, 5) is 0. The number of furan rings is 1. The first-order chi connectivity index (χ1) is 9.98. The highest BCUT2D eigenvalue weighted by atomic mass is 16.3. The Balaban J connectivity index is 2.02. The van der Waals surface area contributed by atoms with Crippen molar-refractivity contribution in [2.45, 2.75) is 71.1 Å². The highest BCUT2D eigenvalue weighted by molar-refractivity contribution is 5.40. The van der Waals surface area contributed by atoms with Gasteiger partial charge in [0.15, 0.2) is 0 Å². The average Bonchev–Trinajstić information content (AvgIpc) is 2.81. The molecule has 0 amide bonds. The zero-order valence-electron chi connectivity index (χ0n) is 13.8. The second-order valence-electron chi connectivity index (χ2n) is 7.57. The van der Waals surface area contributed by atoms with E-state index in [-0.39, 0.29) is 5.41 Å². The molecule has 0 saturated carbocycles. The van der Waals surface area contributed by atoms with Crippen molar-refractivity contribution in [2.75, 3.05) is 0 Å². The molecule has 0 fully saturated rings. The van der Waals surface area contributed by atoms with Gasteiger partial charge in [0.05, 0.1) is 6.26 Å². The Labute approximate surface area is 129 Å². The Morgan fingerprint density at radius 1 is 1.19 bits per heavy atom. The maximum absolute atomic E-state index is 5.98. The number of hydrogen-bond acceptors (Lipinski definition) is 1. The predicted molar refractivity (Wildman–Crippen MR) is 88.6 cm³/mol. The molecule has 114 valence electrons. The standard InChI is InChI=1S/C20H28O/c1-14-6-5-7-15(2)12-18-19-16(13-21-18)9-11-17(10-8-14)20(19,3)4/h7,13,17H,1,5-6,8-12H2,2-4H3/b15-7+. The summed E-state index contributed by atoms with van der Waals surface area (Å²) in [6, 6.07) is 0. The first-order valence-electron chi connectivity index (χ1n) is 8.40. The summed E-state index contributed by atoms with van der Waals surface area (Å²) in [6.45, 7) is 11.4. The molecule has 21 heavy (non-hydrogen) atoms. The van der Waals surface area contributed by atoms with E-state index in [0.717, 1.165) is 25.2 Å². The molecule has 0 spiro atoms. The molecule has 0 aromatic carbocycles. The quantitative estimate of drug-likeness (QED) is 0.554. The van der Waals surface area contributed by atoms with Crippen molar-refractivity contribution in [3.63, 3.8) is 0 Å². The maximum atomic E-state index is 5.98. The van der Waals surface area contributed by atoms with E-state index in [1.807, 2.05) is 6.26 Å². The molecule has 1 nitrogen and oxygen atoms in total. The highest BCUT2D eigenvalue weighted by Crippen LogP contribution is 2.46. The minimum atomic E-state index is 0.232. The van der Waals surface area contributed by atoms with Crippen LogP contribution < -0.4 is 0 Å². The number of rotatable bonds is 0. The SMILES string of the molecule is C=C1CC/C=C(\C)Cc2occ3c2C(C)(C)C(CC1)CC3. The van der Waals surface area contributed by atoms with Crippen LogP contribution in [0.25, 0.3) is 0 Å². The minimum absolute atomic E-state index is 0.232. The van der Waals surface area contributed by atoms with Gasteiger partial charge in [-0.05, 0) is 62.3 Å². The lowest BCUT2D eigenvalue weighted by Crippen LogP contribution is -2.34. The van der Waals surface area contributed by atoms with E-state index in [2.05, 4.69) is 33.4 Å². The third kappa shape index (κ3) is 2.75. The normalized spacial score (nSPS) is 28.2. The molecule has 0 radical (unpaired) electrons. The summed E-state index contributed by atoms with van der Waals surface area (Å²) in [5.41, 5.74) is 6.05. The van der Waals surface area contributed by atoms with Gasteiger partial charge >= 0.3 is 0 Å². The van der Waals surface area contributed by atoms with Gasteiger partial charge in [-0.15, -0.1) is 0 Å². The van der Waals surface area contributed by atoms with Crippen molar-refractivity contribution in [2.24, 2.45) is 5.92 Å². The lowest BCUT2D eigenvalue weighted by atomic mass is 9.64. The molecule has 1 aromatic rings. The fourth-order valence-electron chi connectivity index (χ4n) is 4.28. The van der Waals surface area contributed by atoms with E-state index in [0.29, 0.717) is 0 Å². The number of allylic oxidation sites excluding steroid dienone is 3. The Bertz CT molecular complexity index is 571. The topological polar surface area (TPSA) is 13.1 Å². The Morgan fingerprint density at radius 2 is 1.95 bits per heavy atom. The second kappa shape index (κ2) is 5.51. The van der Waals surface area contributed by atoms with Crippen LogP contribution in [0.2, 0.25) is 0 Å². The van der Waals surface area contributed by atoms with Crippen LogP contribution in [0.4, 0.5) is 0 Å². The van der Waals surface area contributed by atoms with Crippen molar-refractivity contribution in [1.29, 1.82) is 0 Å². The van der Waals surface area contributed by atoms with Gasteiger partial charge in [0.25, 0.3) is 0 Å². The zero-order valence-corrected chi connectivity index (χ0v) is 13.8. The Morgan fingerprint density at radius 3 is 2.76 bits per heavy atom. The summed E-state index contributed by atoms with van der Waals surface area (Å²) in [7, 11) is 0. The Kier molecular flexibility index (Phi) is 3.86. The smallest absolute Gasteiger partial charge is 0.111 e. The summed E-state index contributed by atoms with van der Waals surface area (Å²) < 4.78 is 5.98. The number of hydrogen-bond donors (Lipinski definition) is 0. The fraction of sp³-hybridized carbons (Fsp3) is 0.600. The molecule has 1 atom stereocenters. The third-order valence-corrected chi connectivity index (χ3v) is 5.65. The van der Waals surface area contributed by atoms with Crippen LogP contribution in [-0.2, 0) is 18.3 Å². The molecule has 3 rings (SSSR count). The molecular weight excluding hydrogens is 256 g/mol. The van der Waals surface area contributed by atoms with Gasteiger partial charge in [0.2, 0.25) is 0 Å². The van der Waals surface area contributed by atoms with Crippen molar-refractivity contribution in [3.05, 3.63) is 47.0 Å². The summed E-state index contributed by atoms with van der Waals surface area (Å²) in [5, 5.41) is 0. The first-order valence-corrected chi connectivity index (χ1v) is 8.40. The fourth-order valence-corrected chi connectivity index (χ4v) is 4.28. The van der Waals surface area contributed by atoms with Crippen LogP contribution in [0.15, 0.2) is 34.5 Å². The van der Waals surface area contributed by atoms with Crippen LogP contribution in [0.5, 0.6) is 0 Å². The molecule has 0 aliphatic heterocycles. The second-order valence-corrected chi connectivity index (χ2v) is 7.57. The van der Waals surface area contributed by atoms with Crippen LogP contribution in [0.1, 0.15) is 69.8 Å². The maximum Gasteiger partial charge on any atom is 0.111 e. The van der Waals surface area contributed by atoms with Crippen LogP contribution >= 0.6 is 0 Å². The molecule has 2 aliphatic carbocycles. The van der Waals surface area contributed by atoms with Crippen LogP contribution in [-0.4, -0.2) is 0 Å². The largest absolute Gasteiger partial charge is 0.468 e. The summed E-state index contributed by atoms with van der Waals surface area (Å²) in [6.07, 6.45) is 12.6. The van der Waals surface area contributed by atoms with Crippen molar-refractivity contribution >= 4 is 0 Å². The van der Waals surface area contributed by atoms with E-state index in [1.165, 1.54) is 53.7 Å². The average molecular weight is 284 g/mol. The van der Waals surface area contributed by atoms with Crippen molar-refractivity contribution < 1.29 is 4.42 Å². The van der Waals surface area contributed by atoms with Gasteiger partial charge in [-0.3, -0.25) is 0 Å². The molecule has 1 aromatic heterocycles. The van der Waals surface area contributed by atoms with Crippen LogP contribution in [0.3, 0.4) is 0 Å². The zero-order chi connectivity index (χ0) is 15.0. The molecule has 1 heteroatoms. The number of aryl methyl sites for hydroxylation is 1. The lowest BCUT2D eigenvalue weighted by Gasteiger charge is -2.39. The van der Waals surface area contributed by atoms with E-state index in [9.17, 15) is 0 Å². The van der Waals surface area contributed by atoms with Gasteiger partial charge < -0.3 is 4.42 Å². The highest BCUT2D eigenvalue weighted by Gasteiger charge is 2.39. The van der Waals surface area contributed by atoms with Gasteiger partial charge in [0.1, 0.15) is 5.76 Å². The van der Waals surface area contributed by atoms with Crippen molar-refractivity contribution in [1.82, 2.24) is 0 Å². The molecule has 2 bridgehead atoms. The van der Waals surface area contributed by atoms with E-state index in [1.54, 1.807) is 0 Å². The molecule has 0 N–H and O–H groups in total. The van der Waals surface area contributed by atoms with Gasteiger partial charge in [-0.1, -0.05) is 37.6 Å². The third-order valence-electron chi connectivity index (χ3n) is 5.65. The summed E-state index contributed by atoms with van der Waals surface area (Å²) in [5.74, 6) is 1.97. The lowest BCUT2D eigenvalue weighted by molar-refractivity contribution is 0.259. The van der Waals surface area contributed by atoms with Gasteiger partial charge in [0, 0.05) is 12.0 Å². The Hall–Kier alpha value is -1.24.